The molecule has 1 unspecified atom stereocenters. The van der Waals surface area contributed by atoms with Crippen LogP contribution in [0.5, 0.6) is 0 Å². The molecule has 0 radical (unpaired) electrons. The molecule has 0 amide bonds. The molecule has 1 fully saturated rings. The highest BCUT2D eigenvalue weighted by Crippen LogP contribution is 2.31. The van der Waals surface area contributed by atoms with Gasteiger partial charge in [-0.25, -0.2) is 0 Å². The summed E-state index contributed by atoms with van der Waals surface area (Å²) in [6, 6.07) is 6.49. The van der Waals surface area contributed by atoms with Crippen molar-refractivity contribution in [2.75, 3.05) is 6.54 Å². The van der Waals surface area contributed by atoms with Crippen LogP contribution < -0.4 is 5.32 Å². The molecule has 2 rings (SSSR count). The molecule has 112 valence electrons. The van der Waals surface area contributed by atoms with Crippen LogP contribution >= 0.6 is 23.2 Å². The molecule has 1 nitrogen and oxygen atoms in total. The van der Waals surface area contributed by atoms with Crippen molar-refractivity contribution in [2.45, 2.75) is 57.9 Å². The van der Waals surface area contributed by atoms with E-state index in [4.69, 9.17) is 23.2 Å². The van der Waals surface area contributed by atoms with E-state index in [9.17, 15) is 0 Å². The lowest BCUT2D eigenvalue weighted by Gasteiger charge is -2.27. The van der Waals surface area contributed by atoms with Crippen LogP contribution in [0.15, 0.2) is 18.2 Å². The average Bonchev–Trinajstić information content (AvgIpc) is 2.72. The number of nitrogens with one attached hydrogen (secondary N) is 1. The number of hydrogen-bond donors (Lipinski definition) is 1. The van der Waals surface area contributed by atoms with E-state index in [1.165, 1.54) is 44.1 Å². The normalized spacial score (nSPS) is 18.8. The van der Waals surface area contributed by atoms with E-state index in [1.54, 1.807) is 0 Å². The zero-order valence-corrected chi connectivity index (χ0v) is 13.8. The fraction of sp³-hybridized carbons (Fsp3) is 0.647. The van der Waals surface area contributed by atoms with Gasteiger partial charge in [-0.05, 0) is 43.4 Å². The molecule has 0 aromatic heterocycles. The standard InChI is InChI=1S/C17H25Cl2N/c1-2-20-16(13-8-5-3-4-6-9-13)12-14-10-7-11-15(18)17(14)19/h7,10-11,13,16,20H,2-6,8-9,12H2,1H3. The first-order valence-corrected chi connectivity index (χ1v) is 8.64. The Bertz CT molecular complexity index is 411. The van der Waals surface area contributed by atoms with Gasteiger partial charge in [-0.2, -0.15) is 0 Å². The molecule has 1 atom stereocenters. The number of likely N-dealkylation sites (N-methyl/N-ethyl adjacent to an activating group) is 1. The predicted octanol–water partition coefficient (Wildman–Crippen LogP) is 5.48. The minimum absolute atomic E-state index is 0.522. The fourth-order valence-electron chi connectivity index (χ4n) is 3.32. The quantitative estimate of drug-likeness (QED) is 0.709. The third-order valence-corrected chi connectivity index (χ3v) is 5.26. The molecule has 0 bridgehead atoms. The topological polar surface area (TPSA) is 12.0 Å². The highest BCUT2D eigenvalue weighted by atomic mass is 35.5. The molecule has 0 spiro atoms. The molecular weight excluding hydrogens is 289 g/mol. The first-order valence-electron chi connectivity index (χ1n) is 7.88. The van der Waals surface area contributed by atoms with Crippen molar-refractivity contribution >= 4 is 23.2 Å². The number of benzene rings is 1. The van der Waals surface area contributed by atoms with Crippen LogP contribution in [0.3, 0.4) is 0 Å². The summed E-state index contributed by atoms with van der Waals surface area (Å²) in [5, 5.41) is 5.07. The maximum atomic E-state index is 6.35. The fourth-order valence-corrected chi connectivity index (χ4v) is 3.72. The summed E-state index contributed by atoms with van der Waals surface area (Å²) in [6.45, 7) is 3.20. The molecule has 0 aliphatic heterocycles. The van der Waals surface area contributed by atoms with Crippen molar-refractivity contribution < 1.29 is 0 Å². The lowest BCUT2D eigenvalue weighted by atomic mass is 9.87. The second kappa shape index (κ2) is 8.26. The van der Waals surface area contributed by atoms with Crippen molar-refractivity contribution in [3.63, 3.8) is 0 Å². The van der Waals surface area contributed by atoms with E-state index in [1.807, 2.05) is 12.1 Å². The molecule has 0 saturated heterocycles. The maximum absolute atomic E-state index is 6.35. The van der Waals surface area contributed by atoms with Crippen molar-refractivity contribution in [3.05, 3.63) is 33.8 Å². The van der Waals surface area contributed by atoms with Gasteiger partial charge in [-0.15, -0.1) is 0 Å². The van der Waals surface area contributed by atoms with Crippen LogP contribution in [0.2, 0.25) is 10.0 Å². The lowest BCUT2D eigenvalue weighted by Crippen LogP contribution is -2.38. The Balaban J connectivity index is 2.09. The summed E-state index contributed by atoms with van der Waals surface area (Å²) >= 11 is 12.5. The molecule has 3 heteroatoms. The van der Waals surface area contributed by atoms with Gasteiger partial charge in [0, 0.05) is 6.04 Å². The maximum Gasteiger partial charge on any atom is 0.0624 e. The Morgan fingerprint density at radius 3 is 2.50 bits per heavy atom. The van der Waals surface area contributed by atoms with Crippen LogP contribution in [-0.2, 0) is 6.42 Å². The first kappa shape index (κ1) is 16.1. The minimum atomic E-state index is 0.522. The van der Waals surface area contributed by atoms with Crippen molar-refractivity contribution in [3.8, 4) is 0 Å². The molecule has 1 aliphatic rings. The summed E-state index contributed by atoms with van der Waals surface area (Å²) in [7, 11) is 0. The Kier molecular flexibility index (Phi) is 6.67. The Hall–Kier alpha value is -0.240. The van der Waals surface area contributed by atoms with E-state index in [0.29, 0.717) is 11.1 Å². The van der Waals surface area contributed by atoms with Gasteiger partial charge < -0.3 is 5.32 Å². The highest BCUT2D eigenvalue weighted by molar-refractivity contribution is 6.42. The Labute approximate surface area is 133 Å². The number of rotatable bonds is 5. The molecule has 1 aliphatic carbocycles. The smallest absolute Gasteiger partial charge is 0.0624 e. The van der Waals surface area contributed by atoms with Gasteiger partial charge in [-0.1, -0.05) is 67.9 Å². The van der Waals surface area contributed by atoms with E-state index in [2.05, 4.69) is 18.3 Å². The average molecular weight is 314 g/mol. The summed E-state index contributed by atoms with van der Waals surface area (Å²) in [5.74, 6) is 0.771. The van der Waals surface area contributed by atoms with Crippen LogP contribution in [0.25, 0.3) is 0 Å². The predicted molar refractivity (Wildman–Crippen MR) is 88.8 cm³/mol. The second-order valence-corrected chi connectivity index (χ2v) is 6.62. The van der Waals surface area contributed by atoms with E-state index in [-0.39, 0.29) is 0 Å². The van der Waals surface area contributed by atoms with E-state index >= 15 is 0 Å². The molecule has 1 saturated carbocycles. The Morgan fingerprint density at radius 1 is 1.15 bits per heavy atom. The molecule has 20 heavy (non-hydrogen) atoms. The molecule has 1 N–H and O–H groups in total. The highest BCUT2D eigenvalue weighted by Gasteiger charge is 2.23. The number of hydrogen-bond acceptors (Lipinski definition) is 1. The van der Waals surface area contributed by atoms with Gasteiger partial charge in [0.25, 0.3) is 0 Å². The first-order chi connectivity index (χ1) is 9.72. The van der Waals surface area contributed by atoms with Gasteiger partial charge in [0.05, 0.1) is 10.0 Å². The van der Waals surface area contributed by atoms with Crippen LogP contribution in [-0.4, -0.2) is 12.6 Å². The summed E-state index contributed by atoms with van der Waals surface area (Å²) in [4.78, 5) is 0. The minimum Gasteiger partial charge on any atom is -0.314 e. The summed E-state index contributed by atoms with van der Waals surface area (Å²) < 4.78 is 0. The van der Waals surface area contributed by atoms with Crippen LogP contribution in [0, 0.1) is 5.92 Å². The largest absolute Gasteiger partial charge is 0.314 e. The summed E-state index contributed by atoms with van der Waals surface area (Å²) in [6.07, 6.45) is 9.20. The van der Waals surface area contributed by atoms with Crippen LogP contribution in [0.4, 0.5) is 0 Å². The SMILES string of the molecule is CCNC(Cc1cccc(Cl)c1Cl)C1CCCCCC1. The molecule has 0 heterocycles. The van der Waals surface area contributed by atoms with Crippen molar-refractivity contribution in [1.29, 1.82) is 0 Å². The van der Waals surface area contributed by atoms with Crippen molar-refractivity contribution in [1.82, 2.24) is 5.32 Å². The third-order valence-electron chi connectivity index (χ3n) is 4.41. The zero-order chi connectivity index (χ0) is 14.4. The lowest BCUT2D eigenvalue weighted by molar-refractivity contribution is 0.321. The third kappa shape index (κ3) is 4.38. The molecule has 1 aromatic carbocycles. The number of halogens is 2. The van der Waals surface area contributed by atoms with Gasteiger partial charge in [0.15, 0.2) is 0 Å². The van der Waals surface area contributed by atoms with Crippen LogP contribution in [0.1, 0.15) is 51.0 Å². The van der Waals surface area contributed by atoms with E-state index in [0.717, 1.165) is 23.9 Å². The summed E-state index contributed by atoms with van der Waals surface area (Å²) in [5.41, 5.74) is 1.18. The van der Waals surface area contributed by atoms with E-state index < -0.39 is 0 Å². The molecule has 1 aromatic rings. The van der Waals surface area contributed by atoms with Gasteiger partial charge in [0.1, 0.15) is 0 Å². The van der Waals surface area contributed by atoms with Gasteiger partial charge in [-0.3, -0.25) is 0 Å². The monoisotopic (exact) mass is 313 g/mol. The second-order valence-electron chi connectivity index (χ2n) is 5.83. The van der Waals surface area contributed by atoms with Gasteiger partial charge in [0.2, 0.25) is 0 Å². The van der Waals surface area contributed by atoms with Crippen molar-refractivity contribution in [2.24, 2.45) is 5.92 Å². The Morgan fingerprint density at radius 2 is 1.85 bits per heavy atom. The zero-order valence-electron chi connectivity index (χ0n) is 12.3. The molecular formula is C17H25Cl2N. The van der Waals surface area contributed by atoms with Gasteiger partial charge >= 0.3 is 0 Å².